The van der Waals surface area contributed by atoms with Crippen LogP contribution >= 0.6 is 7.82 Å². The summed E-state index contributed by atoms with van der Waals surface area (Å²) in [5.41, 5.74) is 1.56. The van der Waals surface area contributed by atoms with Crippen molar-refractivity contribution in [2.24, 2.45) is 0 Å². The smallest absolute Gasteiger partial charge is 0.493 e. The van der Waals surface area contributed by atoms with E-state index in [1.165, 1.54) is 40.6 Å². The minimum atomic E-state index is -4.88. The van der Waals surface area contributed by atoms with Crippen LogP contribution < -0.4 is 23.5 Å². The average Bonchev–Trinajstić information content (AvgIpc) is 3.40. The van der Waals surface area contributed by atoms with Crippen LogP contribution in [0.3, 0.4) is 0 Å². The third-order valence-corrected chi connectivity index (χ3v) is 7.98. The van der Waals surface area contributed by atoms with E-state index in [2.05, 4.69) is 0 Å². The quantitative estimate of drug-likeness (QED) is 0.232. The number of fused-ring (bicyclic) bond motifs is 2. The largest absolute Gasteiger partial charge is 0.524 e. The van der Waals surface area contributed by atoms with Gasteiger partial charge in [0.05, 0.1) is 33.5 Å². The lowest BCUT2D eigenvalue weighted by molar-refractivity contribution is -0.258. The molecule has 238 valence electrons. The molecule has 2 heterocycles. The number of esters is 1. The molecular formula is C29H33O14P. The average molecular weight is 637 g/mol. The highest BCUT2D eigenvalue weighted by atomic mass is 31.2. The van der Waals surface area contributed by atoms with E-state index in [1.807, 2.05) is 0 Å². The molecule has 0 saturated carbocycles. The van der Waals surface area contributed by atoms with Gasteiger partial charge in [-0.1, -0.05) is 6.07 Å². The second kappa shape index (κ2) is 12.8. The van der Waals surface area contributed by atoms with E-state index in [0.29, 0.717) is 44.7 Å². The molecule has 2 aliphatic rings. The third-order valence-electron chi connectivity index (χ3n) is 7.55. The minimum absolute atomic E-state index is 0.0248. The zero-order valence-electron chi connectivity index (χ0n) is 24.9. The molecule has 5 rings (SSSR count). The van der Waals surface area contributed by atoms with Gasteiger partial charge in [-0.2, -0.15) is 0 Å². The molecule has 1 saturated heterocycles. The van der Waals surface area contributed by atoms with Crippen molar-refractivity contribution in [1.29, 1.82) is 0 Å². The Hall–Kier alpha value is -3.62. The predicted octanol–water partition coefficient (Wildman–Crippen LogP) is 3.45. The lowest BCUT2D eigenvalue weighted by Gasteiger charge is -2.40. The van der Waals surface area contributed by atoms with Gasteiger partial charge in [-0.3, -0.25) is 9.79 Å². The summed E-state index contributed by atoms with van der Waals surface area (Å²) in [5.74, 6) is 0.306. The Morgan fingerprint density at radius 1 is 0.795 bits per heavy atom. The Labute approximate surface area is 252 Å². The molecule has 0 bridgehead atoms. The van der Waals surface area contributed by atoms with Crippen molar-refractivity contribution < 1.29 is 66.3 Å². The van der Waals surface area contributed by atoms with Crippen LogP contribution in [0.15, 0.2) is 30.3 Å². The first kappa shape index (κ1) is 31.8. The van der Waals surface area contributed by atoms with Crippen LogP contribution in [0.4, 0.5) is 0 Å². The standard InChI is InChI=1S/C29H33O14P/c1-34-19-9-14(7-8-18(19)43-44(31,32)33)23-15-10-20(35-2)21(36-3)11-16(15)25(17-12-40-28(30)24(17)23)42-29-27(39-6)26(38-5)22(37-4)13-41-29/h7-11,22,26-27,29H,12-13H2,1-6H3,(H2,31,32,33). The number of ether oxygens (including phenoxy) is 9. The first-order valence-electron chi connectivity index (χ1n) is 13.3. The lowest BCUT2D eigenvalue weighted by Crippen LogP contribution is -2.57. The summed E-state index contributed by atoms with van der Waals surface area (Å²) in [6, 6.07) is 7.80. The van der Waals surface area contributed by atoms with Gasteiger partial charge >= 0.3 is 13.8 Å². The summed E-state index contributed by atoms with van der Waals surface area (Å²) < 4.78 is 67.9. The second-order valence-corrected chi connectivity index (χ2v) is 11.0. The molecule has 2 N–H and O–H groups in total. The van der Waals surface area contributed by atoms with E-state index >= 15 is 0 Å². The van der Waals surface area contributed by atoms with Crippen LogP contribution in [0.1, 0.15) is 15.9 Å². The van der Waals surface area contributed by atoms with Crippen LogP contribution in [0.5, 0.6) is 28.7 Å². The molecule has 14 nitrogen and oxygen atoms in total. The summed E-state index contributed by atoms with van der Waals surface area (Å²) in [7, 11) is 4.02. The molecular weight excluding hydrogens is 603 g/mol. The number of cyclic esters (lactones) is 1. The van der Waals surface area contributed by atoms with Crippen molar-refractivity contribution in [3.05, 3.63) is 41.5 Å². The SMILES string of the molecule is COc1cc2c(OC3OCC(OC)C(OC)C3OC)c3c(c(-c4ccc(OP(=O)(O)O)c(OC)c4)c2cc1OC)C(=O)OC3. The van der Waals surface area contributed by atoms with Crippen molar-refractivity contribution in [2.75, 3.05) is 49.3 Å². The van der Waals surface area contributed by atoms with Gasteiger partial charge in [0.1, 0.15) is 30.7 Å². The molecule has 1 fully saturated rings. The van der Waals surface area contributed by atoms with Crippen LogP contribution in [0.2, 0.25) is 0 Å². The minimum Gasteiger partial charge on any atom is -0.493 e. The van der Waals surface area contributed by atoms with Crippen LogP contribution in [0, 0.1) is 0 Å². The van der Waals surface area contributed by atoms with Crippen molar-refractivity contribution in [1.82, 2.24) is 0 Å². The zero-order chi connectivity index (χ0) is 31.8. The number of rotatable bonds is 11. The lowest BCUT2D eigenvalue weighted by atomic mass is 9.89. The zero-order valence-corrected chi connectivity index (χ0v) is 25.7. The Kier molecular flexibility index (Phi) is 9.23. The molecule has 0 aliphatic carbocycles. The van der Waals surface area contributed by atoms with Crippen molar-refractivity contribution >= 4 is 24.6 Å². The molecule has 4 atom stereocenters. The van der Waals surface area contributed by atoms with E-state index in [0.717, 1.165) is 0 Å². The highest BCUT2D eigenvalue weighted by Crippen LogP contribution is 2.50. The molecule has 15 heteroatoms. The van der Waals surface area contributed by atoms with Gasteiger partial charge in [0.2, 0.25) is 6.29 Å². The van der Waals surface area contributed by atoms with Gasteiger partial charge in [0.25, 0.3) is 0 Å². The summed E-state index contributed by atoms with van der Waals surface area (Å²) in [5, 5.41) is 1.05. The normalized spacial score (nSPS) is 21.5. The van der Waals surface area contributed by atoms with Gasteiger partial charge in [-0.25, -0.2) is 9.36 Å². The number of carbonyl (C=O) groups is 1. The maximum atomic E-state index is 13.4. The predicted molar refractivity (Wildman–Crippen MR) is 154 cm³/mol. The number of benzene rings is 3. The number of hydrogen-bond donors (Lipinski definition) is 2. The van der Waals surface area contributed by atoms with Crippen molar-refractivity contribution in [3.63, 3.8) is 0 Å². The van der Waals surface area contributed by atoms with Crippen LogP contribution in [0.25, 0.3) is 21.9 Å². The molecule has 0 amide bonds. The first-order chi connectivity index (χ1) is 21.1. The number of phosphoric ester groups is 1. The summed E-state index contributed by atoms with van der Waals surface area (Å²) in [4.78, 5) is 32.0. The van der Waals surface area contributed by atoms with Crippen LogP contribution in [-0.4, -0.2) is 89.6 Å². The number of carbonyl (C=O) groups excluding carboxylic acids is 1. The Morgan fingerprint density at radius 2 is 1.43 bits per heavy atom. The number of methoxy groups -OCH3 is 6. The van der Waals surface area contributed by atoms with E-state index in [-0.39, 0.29) is 30.3 Å². The molecule has 3 aromatic carbocycles. The summed E-state index contributed by atoms with van der Waals surface area (Å²) >= 11 is 0. The van der Waals surface area contributed by atoms with E-state index < -0.39 is 38.4 Å². The topological polar surface area (TPSA) is 167 Å². The summed E-state index contributed by atoms with van der Waals surface area (Å²) in [6.07, 6.45) is -2.58. The maximum Gasteiger partial charge on any atom is 0.524 e. The molecule has 0 aromatic heterocycles. The van der Waals surface area contributed by atoms with Gasteiger partial charge in [0, 0.05) is 37.8 Å². The second-order valence-electron chi connectivity index (χ2n) is 9.83. The molecule has 2 aliphatic heterocycles. The van der Waals surface area contributed by atoms with Crippen LogP contribution in [-0.2, 0) is 34.9 Å². The highest BCUT2D eigenvalue weighted by molar-refractivity contribution is 7.46. The highest BCUT2D eigenvalue weighted by Gasteiger charge is 2.44. The fourth-order valence-corrected chi connectivity index (χ4v) is 5.97. The van der Waals surface area contributed by atoms with E-state index in [4.69, 9.17) is 47.2 Å². The molecule has 0 spiro atoms. The fraction of sp³-hybridized carbons (Fsp3) is 0.414. The maximum absolute atomic E-state index is 13.4. The Bertz CT molecular complexity index is 1600. The molecule has 44 heavy (non-hydrogen) atoms. The van der Waals surface area contributed by atoms with E-state index in [1.54, 1.807) is 32.4 Å². The number of phosphoric acid groups is 1. The van der Waals surface area contributed by atoms with Crippen molar-refractivity contribution in [2.45, 2.75) is 31.2 Å². The van der Waals surface area contributed by atoms with E-state index in [9.17, 15) is 19.1 Å². The third kappa shape index (κ3) is 5.77. The summed E-state index contributed by atoms with van der Waals surface area (Å²) in [6.45, 7) is 0.0588. The first-order valence-corrected chi connectivity index (χ1v) is 14.8. The van der Waals surface area contributed by atoms with Gasteiger partial charge in [-0.05, 0) is 35.2 Å². The van der Waals surface area contributed by atoms with Gasteiger partial charge in [0.15, 0.2) is 23.0 Å². The van der Waals surface area contributed by atoms with Gasteiger partial charge in [-0.15, -0.1) is 0 Å². The number of hydrogen-bond acceptors (Lipinski definition) is 12. The Morgan fingerprint density at radius 3 is 2.02 bits per heavy atom. The molecule has 0 radical (unpaired) electrons. The monoisotopic (exact) mass is 636 g/mol. The van der Waals surface area contributed by atoms with Gasteiger partial charge < -0.3 is 47.2 Å². The molecule has 4 unspecified atom stereocenters. The molecule has 3 aromatic rings. The fourth-order valence-electron chi connectivity index (χ4n) is 5.57. The van der Waals surface area contributed by atoms with Crippen molar-refractivity contribution in [3.8, 4) is 39.9 Å². The Balaban J connectivity index is 1.75.